The molecule has 0 saturated carbocycles. The first kappa shape index (κ1) is 18.7. The summed E-state index contributed by atoms with van der Waals surface area (Å²) in [4.78, 5) is 12.4. The van der Waals surface area contributed by atoms with Crippen molar-refractivity contribution in [3.8, 4) is 16.9 Å². The molecule has 1 atom stereocenters. The van der Waals surface area contributed by atoms with E-state index in [2.05, 4.69) is 31.3 Å². The molecule has 0 spiro atoms. The van der Waals surface area contributed by atoms with E-state index in [0.717, 1.165) is 23.2 Å². The Morgan fingerprint density at radius 2 is 1.59 bits per heavy atom. The lowest BCUT2D eigenvalue weighted by Gasteiger charge is -2.13. The Morgan fingerprint density at radius 3 is 2.30 bits per heavy atom. The Balaban J connectivity index is 1.62. The van der Waals surface area contributed by atoms with E-state index in [-0.39, 0.29) is 12.5 Å². The van der Waals surface area contributed by atoms with Crippen molar-refractivity contribution in [3.05, 3.63) is 84.4 Å². The number of carbonyl (C=O) groups excluding carboxylic acids is 1. The van der Waals surface area contributed by atoms with Crippen molar-refractivity contribution in [1.82, 2.24) is 0 Å². The lowest BCUT2D eigenvalue weighted by Crippen LogP contribution is -2.20. The number of rotatable bonds is 7. The van der Waals surface area contributed by atoms with E-state index in [1.165, 1.54) is 5.56 Å². The molecule has 0 aliphatic carbocycles. The molecule has 0 radical (unpaired) electrons. The summed E-state index contributed by atoms with van der Waals surface area (Å²) in [6.45, 7) is 4.35. The van der Waals surface area contributed by atoms with E-state index in [0.29, 0.717) is 11.7 Å². The second kappa shape index (κ2) is 9.04. The molecule has 0 saturated heterocycles. The maximum Gasteiger partial charge on any atom is 0.262 e. The Morgan fingerprint density at radius 1 is 0.926 bits per heavy atom. The number of ether oxygens (including phenoxy) is 1. The minimum Gasteiger partial charge on any atom is -0.484 e. The quantitative estimate of drug-likeness (QED) is 0.572. The average Bonchev–Trinajstić information content (AvgIpc) is 2.73. The first-order valence-corrected chi connectivity index (χ1v) is 9.34. The van der Waals surface area contributed by atoms with Crippen LogP contribution in [0, 0.1) is 0 Å². The molecule has 0 heterocycles. The first-order valence-electron chi connectivity index (χ1n) is 9.34. The molecule has 3 aromatic rings. The van der Waals surface area contributed by atoms with Crippen molar-refractivity contribution in [2.45, 2.75) is 26.2 Å². The summed E-state index contributed by atoms with van der Waals surface area (Å²) in [7, 11) is 0. The summed E-state index contributed by atoms with van der Waals surface area (Å²) in [5.74, 6) is 1.05. The van der Waals surface area contributed by atoms with Crippen LogP contribution in [0.15, 0.2) is 78.9 Å². The van der Waals surface area contributed by atoms with Gasteiger partial charge in [-0.25, -0.2) is 0 Å². The molecule has 27 heavy (non-hydrogen) atoms. The van der Waals surface area contributed by atoms with Gasteiger partial charge < -0.3 is 10.1 Å². The van der Waals surface area contributed by atoms with E-state index in [4.69, 9.17) is 4.74 Å². The van der Waals surface area contributed by atoms with Gasteiger partial charge in [0.2, 0.25) is 0 Å². The summed E-state index contributed by atoms with van der Waals surface area (Å²) in [5, 5.41) is 2.95. The highest BCUT2D eigenvalue weighted by atomic mass is 16.5. The lowest BCUT2D eigenvalue weighted by atomic mass is 9.99. The van der Waals surface area contributed by atoms with Crippen LogP contribution in [0.4, 0.5) is 5.69 Å². The van der Waals surface area contributed by atoms with Crippen LogP contribution in [0.5, 0.6) is 5.75 Å². The number of benzene rings is 3. The Labute approximate surface area is 161 Å². The van der Waals surface area contributed by atoms with Crippen LogP contribution in [0.2, 0.25) is 0 Å². The fourth-order valence-corrected chi connectivity index (χ4v) is 2.93. The Bertz CT molecular complexity index is 872. The number of carbonyl (C=O) groups is 1. The highest BCUT2D eigenvalue weighted by Crippen LogP contribution is 2.27. The van der Waals surface area contributed by atoms with Gasteiger partial charge in [-0.05, 0) is 41.7 Å². The van der Waals surface area contributed by atoms with Crippen LogP contribution in [-0.4, -0.2) is 12.5 Å². The van der Waals surface area contributed by atoms with Gasteiger partial charge in [0.25, 0.3) is 5.91 Å². The Kier molecular flexibility index (Phi) is 6.26. The van der Waals surface area contributed by atoms with Gasteiger partial charge in [0.05, 0.1) is 0 Å². The summed E-state index contributed by atoms with van der Waals surface area (Å²) >= 11 is 0. The van der Waals surface area contributed by atoms with Gasteiger partial charge in [0.15, 0.2) is 6.61 Å². The largest absolute Gasteiger partial charge is 0.484 e. The molecule has 1 amide bonds. The summed E-state index contributed by atoms with van der Waals surface area (Å²) in [6.07, 6.45) is 1.10. The highest BCUT2D eigenvalue weighted by molar-refractivity contribution is 5.96. The predicted octanol–water partition coefficient (Wildman–Crippen LogP) is 5.88. The summed E-state index contributed by atoms with van der Waals surface area (Å²) < 4.78 is 5.64. The monoisotopic (exact) mass is 359 g/mol. The second-order valence-corrected chi connectivity index (χ2v) is 6.63. The minimum absolute atomic E-state index is 0.0220. The SMILES string of the molecule is CCC(C)c1ccc(OCC(=O)Nc2ccccc2-c2ccccc2)cc1. The normalized spacial score (nSPS) is 11.6. The van der Waals surface area contributed by atoms with Gasteiger partial charge in [-0.3, -0.25) is 4.79 Å². The predicted molar refractivity (Wildman–Crippen MR) is 111 cm³/mol. The van der Waals surface area contributed by atoms with Crippen LogP contribution in [0.1, 0.15) is 31.7 Å². The van der Waals surface area contributed by atoms with Crippen molar-refractivity contribution >= 4 is 11.6 Å². The molecule has 3 aromatic carbocycles. The van der Waals surface area contributed by atoms with Crippen molar-refractivity contribution in [3.63, 3.8) is 0 Å². The third kappa shape index (κ3) is 4.98. The maximum atomic E-state index is 12.4. The summed E-state index contributed by atoms with van der Waals surface area (Å²) in [6, 6.07) is 25.8. The van der Waals surface area contributed by atoms with Gasteiger partial charge in [-0.2, -0.15) is 0 Å². The van der Waals surface area contributed by atoms with E-state index in [9.17, 15) is 4.79 Å². The van der Waals surface area contributed by atoms with Crippen LogP contribution in [0.3, 0.4) is 0 Å². The summed E-state index contributed by atoms with van der Waals surface area (Å²) in [5.41, 5.74) is 4.12. The van der Waals surface area contributed by atoms with Crippen LogP contribution >= 0.6 is 0 Å². The number of anilines is 1. The van der Waals surface area contributed by atoms with E-state index in [1.54, 1.807) is 0 Å². The third-order valence-electron chi connectivity index (χ3n) is 4.72. The molecule has 138 valence electrons. The molecule has 3 nitrogen and oxygen atoms in total. The van der Waals surface area contributed by atoms with E-state index < -0.39 is 0 Å². The zero-order valence-electron chi connectivity index (χ0n) is 15.8. The number of nitrogens with one attached hydrogen (secondary N) is 1. The molecule has 3 heteroatoms. The zero-order valence-corrected chi connectivity index (χ0v) is 15.8. The number of hydrogen-bond donors (Lipinski definition) is 1. The third-order valence-corrected chi connectivity index (χ3v) is 4.72. The standard InChI is InChI=1S/C24H25NO2/c1-3-18(2)19-13-15-21(16-14-19)27-17-24(26)25-23-12-8-7-11-22(23)20-9-5-4-6-10-20/h4-16,18H,3,17H2,1-2H3,(H,25,26). The lowest BCUT2D eigenvalue weighted by molar-refractivity contribution is -0.118. The molecule has 0 bridgehead atoms. The van der Waals surface area contributed by atoms with Crippen molar-refractivity contribution in [2.75, 3.05) is 11.9 Å². The fourth-order valence-electron chi connectivity index (χ4n) is 2.93. The topological polar surface area (TPSA) is 38.3 Å². The first-order chi connectivity index (χ1) is 13.2. The van der Waals surface area contributed by atoms with E-state index in [1.807, 2.05) is 66.7 Å². The molecular weight excluding hydrogens is 334 g/mol. The highest BCUT2D eigenvalue weighted by Gasteiger charge is 2.09. The molecule has 0 aliphatic heterocycles. The smallest absolute Gasteiger partial charge is 0.262 e. The number of para-hydroxylation sites is 1. The molecule has 1 N–H and O–H groups in total. The Hall–Kier alpha value is -3.07. The minimum atomic E-state index is -0.176. The van der Waals surface area contributed by atoms with Gasteiger partial charge in [-0.1, -0.05) is 74.5 Å². The van der Waals surface area contributed by atoms with Gasteiger partial charge in [-0.15, -0.1) is 0 Å². The molecule has 0 aliphatic rings. The van der Waals surface area contributed by atoms with Crippen LogP contribution in [0.25, 0.3) is 11.1 Å². The average molecular weight is 359 g/mol. The second-order valence-electron chi connectivity index (χ2n) is 6.63. The van der Waals surface area contributed by atoms with Crippen molar-refractivity contribution < 1.29 is 9.53 Å². The van der Waals surface area contributed by atoms with Gasteiger partial charge >= 0.3 is 0 Å². The maximum absolute atomic E-state index is 12.4. The van der Waals surface area contributed by atoms with Gasteiger partial charge in [0.1, 0.15) is 5.75 Å². The molecular formula is C24H25NO2. The van der Waals surface area contributed by atoms with Crippen molar-refractivity contribution in [1.29, 1.82) is 0 Å². The van der Waals surface area contributed by atoms with Crippen LogP contribution < -0.4 is 10.1 Å². The molecule has 1 unspecified atom stereocenters. The van der Waals surface area contributed by atoms with Crippen molar-refractivity contribution in [2.24, 2.45) is 0 Å². The van der Waals surface area contributed by atoms with Gasteiger partial charge in [0, 0.05) is 11.3 Å². The zero-order chi connectivity index (χ0) is 19.1. The molecule has 0 aromatic heterocycles. The molecule has 3 rings (SSSR count). The fraction of sp³-hybridized carbons (Fsp3) is 0.208. The van der Waals surface area contributed by atoms with E-state index >= 15 is 0 Å². The number of hydrogen-bond acceptors (Lipinski definition) is 2. The van der Waals surface area contributed by atoms with Crippen LogP contribution in [-0.2, 0) is 4.79 Å². The number of amides is 1. The molecule has 0 fully saturated rings.